The molecule has 1 N–H and O–H groups in total. The monoisotopic (exact) mass is 512 g/mol. The van der Waals surface area contributed by atoms with Crippen molar-refractivity contribution in [1.29, 1.82) is 0 Å². The van der Waals surface area contributed by atoms with Crippen LogP contribution in [0.2, 0.25) is 0 Å². The summed E-state index contributed by atoms with van der Waals surface area (Å²) in [7, 11) is 1.69. The summed E-state index contributed by atoms with van der Waals surface area (Å²) in [6.07, 6.45) is 3.52. The lowest BCUT2D eigenvalue weighted by molar-refractivity contribution is 0.0350. The number of halogens is 1. The van der Waals surface area contributed by atoms with Crippen LogP contribution in [0.4, 0.5) is 15.8 Å². The third-order valence-electron chi connectivity index (χ3n) is 6.94. The third kappa shape index (κ3) is 4.65. The zero-order chi connectivity index (χ0) is 25.4. The summed E-state index contributed by atoms with van der Waals surface area (Å²) in [6.45, 7) is 1.23. The number of carbonyl (C=O) groups is 1. The maximum absolute atomic E-state index is 15.3. The first kappa shape index (κ1) is 23.5. The molecule has 37 heavy (non-hydrogen) atoms. The fraction of sp³-hybridized carbons (Fsp3) is 0.207. The molecule has 0 atom stereocenters. The Morgan fingerprint density at radius 1 is 1.03 bits per heavy atom. The van der Waals surface area contributed by atoms with Gasteiger partial charge in [0.25, 0.3) is 5.91 Å². The maximum Gasteiger partial charge on any atom is 0.253 e. The number of piperidine rings is 1. The van der Waals surface area contributed by atoms with Crippen LogP contribution < -0.4 is 5.32 Å². The van der Waals surface area contributed by atoms with Crippen molar-refractivity contribution in [3.63, 3.8) is 0 Å². The number of pyridine rings is 1. The number of methoxy groups -OCH3 is 1. The van der Waals surface area contributed by atoms with Gasteiger partial charge in [0.1, 0.15) is 5.82 Å². The number of ether oxygens (including phenoxy) is 1. The number of fused-ring (bicyclic) bond motifs is 2. The molecule has 1 amide bonds. The fourth-order valence-electron chi connectivity index (χ4n) is 4.87. The predicted molar refractivity (Wildman–Crippen MR) is 146 cm³/mol. The zero-order valence-electron chi connectivity index (χ0n) is 20.3. The number of thiazole rings is 1. The van der Waals surface area contributed by atoms with Crippen LogP contribution in [0.5, 0.6) is 0 Å². The van der Waals surface area contributed by atoms with E-state index in [2.05, 4.69) is 15.3 Å². The highest BCUT2D eigenvalue weighted by molar-refractivity contribution is 7.16. The Bertz CT molecular complexity index is 1610. The SMILES string of the molecule is COC1CCN(C(=O)c2ccc(-c3ccc4nccc(Nc5ccc6scnc6c5)c4c3)c(F)c2)CC1. The van der Waals surface area contributed by atoms with Crippen molar-refractivity contribution in [2.45, 2.75) is 18.9 Å². The number of hydrogen-bond acceptors (Lipinski definition) is 6. The number of amides is 1. The smallest absolute Gasteiger partial charge is 0.253 e. The molecule has 1 fully saturated rings. The molecule has 3 heterocycles. The minimum Gasteiger partial charge on any atom is -0.381 e. The molecule has 0 bridgehead atoms. The van der Waals surface area contributed by atoms with E-state index in [-0.39, 0.29) is 12.0 Å². The highest BCUT2D eigenvalue weighted by atomic mass is 32.1. The van der Waals surface area contributed by atoms with Gasteiger partial charge in [0.15, 0.2) is 0 Å². The number of anilines is 2. The minimum atomic E-state index is -0.427. The molecule has 186 valence electrons. The molecule has 0 spiro atoms. The van der Waals surface area contributed by atoms with Crippen molar-refractivity contribution >= 4 is 49.7 Å². The number of likely N-dealkylation sites (tertiary alicyclic amines) is 1. The summed E-state index contributed by atoms with van der Waals surface area (Å²) in [5.74, 6) is -0.573. The van der Waals surface area contributed by atoms with Crippen molar-refractivity contribution in [3.05, 3.63) is 83.8 Å². The Hall–Kier alpha value is -3.88. The predicted octanol–water partition coefficient (Wildman–Crippen LogP) is 6.65. The average molecular weight is 513 g/mol. The first-order valence-electron chi connectivity index (χ1n) is 12.2. The van der Waals surface area contributed by atoms with Gasteiger partial charge in [-0.3, -0.25) is 9.78 Å². The van der Waals surface area contributed by atoms with E-state index in [1.54, 1.807) is 41.7 Å². The van der Waals surface area contributed by atoms with E-state index in [0.717, 1.165) is 50.9 Å². The number of aromatic nitrogens is 2. The summed E-state index contributed by atoms with van der Waals surface area (Å²) >= 11 is 1.60. The van der Waals surface area contributed by atoms with Crippen molar-refractivity contribution < 1.29 is 13.9 Å². The van der Waals surface area contributed by atoms with E-state index >= 15 is 4.39 Å². The third-order valence-corrected chi connectivity index (χ3v) is 7.75. The van der Waals surface area contributed by atoms with Gasteiger partial charge in [-0.05, 0) is 66.9 Å². The Kier molecular flexibility index (Phi) is 6.28. The van der Waals surface area contributed by atoms with Crippen LogP contribution in [0.25, 0.3) is 32.2 Å². The number of rotatable bonds is 5. The van der Waals surface area contributed by atoms with Gasteiger partial charge in [-0.25, -0.2) is 9.37 Å². The molecule has 1 aliphatic heterocycles. The Balaban J connectivity index is 1.28. The standard InChI is InChI=1S/C29H25FN4O2S/c1-36-21-9-12-34(13-10-21)29(35)19-2-5-22(24(30)15-19)18-3-6-25-23(14-18)26(8-11-31-25)33-20-4-7-28-27(16-20)32-17-37-28/h2-8,11,14-17,21H,9-10,12-13H2,1H3,(H,31,33). The first-order valence-corrected chi connectivity index (χ1v) is 13.1. The number of nitrogens with one attached hydrogen (secondary N) is 1. The molecule has 5 aromatic rings. The number of nitrogens with zero attached hydrogens (tertiary/aromatic N) is 3. The molecule has 0 unspecified atom stereocenters. The second-order valence-corrected chi connectivity index (χ2v) is 10.1. The lowest BCUT2D eigenvalue weighted by atomic mass is 9.99. The van der Waals surface area contributed by atoms with Gasteiger partial charge >= 0.3 is 0 Å². The molecule has 0 aliphatic carbocycles. The normalized spacial score (nSPS) is 14.4. The summed E-state index contributed by atoms with van der Waals surface area (Å²) in [5, 5.41) is 4.34. The molecular weight excluding hydrogens is 487 g/mol. The van der Waals surface area contributed by atoms with Gasteiger partial charge in [-0.15, -0.1) is 11.3 Å². The van der Waals surface area contributed by atoms with E-state index < -0.39 is 5.82 Å². The van der Waals surface area contributed by atoms with E-state index in [1.165, 1.54) is 6.07 Å². The van der Waals surface area contributed by atoms with E-state index in [4.69, 9.17) is 4.74 Å². The first-order chi connectivity index (χ1) is 18.1. The topological polar surface area (TPSA) is 67.3 Å². The summed E-state index contributed by atoms with van der Waals surface area (Å²) in [5.41, 5.74) is 6.88. The molecule has 0 saturated carbocycles. The molecule has 0 radical (unpaired) electrons. The Morgan fingerprint density at radius 3 is 2.70 bits per heavy atom. The van der Waals surface area contributed by atoms with Gasteiger partial charge in [-0.1, -0.05) is 12.1 Å². The highest BCUT2D eigenvalue weighted by Gasteiger charge is 2.24. The lowest BCUT2D eigenvalue weighted by Crippen LogP contribution is -2.40. The highest BCUT2D eigenvalue weighted by Crippen LogP contribution is 2.32. The molecular formula is C29H25FN4O2S. The summed E-state index contributed by atoms with van der Waals surface area (Å²) in [6, 6.07) is 18.4. The van der Waals surface area contributed by atoms with Gasteiger partial charge < -0.3 is 15.0 Å². The molecule has 3 aromatic carbocycles. The van der Waals surface area contributed by atoms with E-state index in [0.29, 0.717) is 24.2 Å². The lowest BCUT2D eigenvalue weighted by Gasteiger charge is -2.31. The second-order valence-electron chi connectivity index (χ2n) is 9.17. The van der Waals surface area contributed by atoms with Crippen LogP contribution in [0.15, 0.2) is 72.4 Å². The maximum atomic E-state index is 15.3. The molecule has 1 saturated heterocycles. The van der Waals surface area contributed by atoms with Crippen LogP contribution in [-0.2, 0) is 4.74 Å². The van der Waals surface area contributed by atoms with Crippen LogP contribution in [0, 0.1) is 5.82 Å². The van der Waals surface area contributed by atoms with Crippen LogP contribution in [0.3, 0.4) is 0 Å². The van der Waals surface area contributed by atoms with Crippen molar-refractivity contribution in [2.24, 2.45) is 0 Å². The van der Waals surface area contributed by atoms with Crippen molar-refractivity contribution in [3.8, 4) is 11.1 Å². The van der Waals surface area contributed by atoms with E-state index in [1.807, 2.05) is 48.0 Å². The van der Waals surface area contributed by atoms with Crippen LogP contribution >= 0.6 is 11.3 Å². The average Bonchev–Trinajstić information content (AvgIpc) is 3.41. The fourth-order valence-corrected chi connectivity index (χ4v) is 5.53. The molecule has 1 aliphatic rings. The van der Waals surface area contributed by atoms with Crippen molar-refractivity contribution in [2.75, 3.05) is 25.5 Å². The quantitative estimate of drug-likeness (QED) is 0.286. The van der Waals surface area contributed by atoms with Crippen LogP contribution in [0.1, 0.15) is 23.2 Å². The number of hydrogen-bond donors (Lipinski definition) is 1. The molecule has 2 aromatic heterocycles. The summed E-state index contributed by atoms with van der Waals surface area (Å²) < 4.78 is 21.8. The Labute approximate surface area is 217 Å². The minimum absolute atomic E-state index is 0.147. The number of carbonyl (C=O) groups excluding carboxylic acids is 1. The molecule has 6 nitrogen and oxygen atoms in total. The zero-order valence-corrected chi connectivity index (χ0v) is 21.1. The van der Waals surface area contributed by atoms with E-state index in [9.17, 15) is 4.79 Å². The molecule has 8 heteroatoms. The van der Waals surface area contributed by atoms with Gasteiger partial charge in [0.05, 0.1) is 27.3 Å². The largest absolute Gasteiger partial charge is 0.381 e. The number of benzene rings is 3. The second kappa shape index (κ2) is 9.88. The van der Waals surface area contributed by atoms with Gasteiger partial charge in [0, 0.05) is 54.3 Å². The van der Waals surface area contributed by atoms with Gasteiger partial charge in [-0.2, -0.15) is 0 Å². The Morgan fingerprint density at radius 2 is 1.89 bits per heavy atom. The van der Waals surface area contributed by atoms with Gasteiger partial charge in [0.2, 0.25) is 0 Å². The molecule has 6 rings (SSSR count). The summed E-state index contributed by atoms with van der Waals surface area (Å²) in [4.78, 5) is 23.6. The van der Waals surface area contributed by atoms with Crippen LogP contribution in [-0.4, -0.2) is 47.1 Å². The van der Waals surface area contributed by atoms with Crippen molar-refractivity contribution in [1.82, 2.24) is 14.9 Å².